The Hall–Kier alpha value is -4.48. The molecule has 10 nitrogen and oxygen atoms in total. The molecule has 0 radical (unpaired) electrons. The lowest BCUT2D eigenvalue weighted by Gasteiger charge is -2.13. The molecular weight excluding hydrogens is 482 g/mol. The van der Waals surface area contributed by atoms with E-state index < -0.39 is 17.7 Å². The molecule has 37 heavy (non-hydrogen) atoms. The molecule has 0 saturated heterocycles. The molecule has 0 atom stereocenters. The third kappa shape index (κ3) is 4.82. The van der Waals surface area contributed by atoms with Gasteiger partial charge in [0.1, 0.15) is 0 Å². The van der Waals surface area contributed by atoms with Crippen molar-refractivity contribution in [1.82, 2.24) is 39.8 Å². The molecule has 0 bridgehead atoms. The number of carbonyl (C=O) groups excluding carboxylic acids is 1. The summed E-state index contributed by atoms with van der Waals surface area (Å²) in [7, 11) is 1.80. The Bertz CT molecular complexity index is 1600. The Labute approximate surface area is 210 Å². The molecule has 4 heterocycles. The van der Waals surface area contributed by atoms with Gasteiger partial charge in [0.2, 0.25) is 5.89 Å². The average molecular weight is 507 g/mol. The lowest BCUT2D eigenvalue weighted by atomic mass is 9.97. The standard InChI is InChI=1S/C25H24F2N8O2/c1-25(2,3)24-32-22(33-37-24)23(36)28-10-15-6-5-14(9-17(15)21(26)27)20-19-7-8-29-35(19)13-18(31-20)16-11-30-34(4)12-16/h5-9,11-13,21H,10H2,1-4H3,(H,28,36). The Morgan fingerprint density at radius 3 is 2.59 bits per heavy atom. The van der Waals surface area contributed by atoms with E-state index in [0.717, 1.165) is 5.56 Å². The molecule has 1 aromatic carbocycles. The highest BCUT2D eigenvalue weighted by Gasteiger charge is 2.24. The van der Waals surface area contributed by atoms with Crippen molar-refractivity contribution < 1.29 is 18.1 Å². The van der Waals surface area contributed by atoms with Crippen LogP contribution in [0, 0.1) is 0 Å². The third-order valence-corrected chi connectivity index (χ3v) is 5.75. The topological polar surface area (TPSA) is 116 Å². The molecule has 0 aliphatic rings. The second-order valence-electron chi connectivity index (χ2n) is 9.61. The van der Waals surface area contributed by atoms with Crippen LogP contribution in [0.1, 0.15) is 54.8 Å². The highest BCUT2D eigenvalue weighted by molar-refractivity contribution is 5.90. The van der Waals surface area contributed by atoms with Crippen molar-refractivity contribution in [2.24, 2.45) is 7.05 Å². The van der Waals surface area contributed by atoms with E-state index in [-0.39, 0.29) is 23.5 Å². The molecule has 5 rings (SSSR count). The highest BCUT2D eigenvalue weighted by atomic mass is 19.3. The molecule has 0 spiro atoms. The van der Waals surface area contributed by atoms with Gasteiger partial charge in [-0.3, -0.25) is 9.48 Å². The highest BCUT2D eigenvalue weighted by Crippen LogP contribution is 2.32. The number of carbonyl (C=O) groups is 1. The number of benzene rings is 1. The van der Waals surface area contributed by atoms with E-state index in [1.165, 1.54) is 6.07 Å². The minimum absolute atomic E-state index is 0.135. The van der Waals surface area contributed by atoms with Gasteiger partial charge < -0.3 is 9.84 Å². The zero-order valence-electron chi connectivity index (χ0n) is 20.6. The molecule has 12 heteroatoms. The number of hydrogen-bond donors (Lipinski definition) is 1. The van der Waals surface area contributed by atoms with Crippen molar-refractivity contribution in [3.05, 3.63) is 71.9 Å². The minimum Gasteiger partial charge on any atom is -0.345 e. The van der Waals surface area contributed by atoms with Gasteiger partial charge in [0, 0.05) is 41.9 Å². The van der Waals surface area contributed by atoms with Crippen LogP contribution in [-0.4, -0.2) is 40.4 Å². The van der Waals surface area contributed by atoms with Gasteiger partial charge in [0.05, 0.1) is 35.5 Å². The fraction of sp³-hybridized carbons (Fsp3) is 0.280. The summed E-state index contributed by atoms with van der Waals surface area (Å²) in [4.78, 5) is 21.3. The summed E-state index contributed by atoms with van der Waals surface area (Å²) in [6.07, 6.45) is 4.09. The van der Waals surface area contributed by atoms with Crippen molar-refractivity contribution in [1.29, 1.82) is 0 Å². The SMILES string of the molecule is Cn1cc(-c2cn3nccc3c(-c3ccc(CNC(=O)c4noc(C(C)(C)C)n4)c(C(F)F)c3)n2)cn1. The Kier molecular flexibility index (Phi) is 6.02. The van der Waals surface area contributed by atoms with Crippen LogP contribution in [-0.2, 0) is 19.0 Å². The minimum atomic E-state index is -2.77. The number of nitrogens with zero attached hydrogens (tertiary/aromatic N) is 7. The number of aryl methyl sites for hydroxylation is 1. The zero-order valence-corrected chi connectivity index (χ0v) is 20.6. The first kappa shape index (κ1) is 24.2. The summed E-state index contributed by atoms with van der Waals surface area (Å²) in [6.45, 7) is 5.48. The zero-order chi connectivity index (χ0) is 26.3. The van der Waals surface area contributed by atoms with E-state index >= 15 is 0 Å². The predicted molar refractivity (Wildman–Crippen MR) is 130 cm³/mol. The van der Waals surface area contributed by atoms with Crippen LogP contribution >= 0.6 is 0 Å². The van der Waals surface area contributed by atoms with Gasteiger partial charge in [0.15, 0.2) is 0 Å². The van der Waals surface area contributed by atoms with Gasteiger partial charge in [-0.05, 0) is 17.7 Å². The van der Waals surface area contributed by atoms with E-state index in [1.807, 2.05) is 27.0 Å². The van der Waals surface area contributed by atoms with Gasteiger partial charge in [0.25, 0.3) is 18.2 Å². The van der Waals surface area contributed by atoms with Crippen LogP contribution in [0.25, 0.3) is 28.0 Å². The maximum atomic E-state index is 14.1. The predicted octanol–water partition coefficient (Wildman–Crippen LogP) is 4.34. The summed E-state index contributed by atoms with van der Waals surface area (Å²) in [6, 6.07) is 6.41. The van der Waals surface area contributed by atoms with E-state index in [4.69, 9.17) is 9.51 Å². The second-order valence-corrected chi connectivity index (χ2v) is 9.61. The van der Waals surface area contributed by atoms with E-state index in [1.54, 1.807) is 53.0 Å². The molecule has 190 valence electrons. The summed E-state index contributed by atoms with van der Waals surface area (Å²) >= 11 is 0. The van der Waals surface area contributed by atoms with Crippen LogP contribution in [0.15, 0.2) is 53.6 Å². The number of fused-ring (bicyclic) bond motifs is 1. The van der Waals surface area contributed by atoms with Crippen molar-refractivity contribution in [2.45, 2.75) is 39.2 Å². The molecule has 1 N–H and O–H groups in total. The maximum Gasteiger partial charge on any atom is 0.292 e. The van der Waals surface area contributed by atoms with Crippen molar-refractivity contribution >= 4 is 11.4 Å². The normalized spacial score (nSPS) is 12.0. The molecule has 0 aliphatic carbocycles. The lowest BCUT2D eigenvalue weighted by Crippen LogP contribution is -2.25. The first-order valence-electron chi connectivity index (χ1n) is 11.5. The number of rotatable bonds is 6. The number of halogens is 2. The number of nitrogens with one attached hydrogen (secondary N) is 1. The van der Waals surface area contributed by atoms with E-state index in [0.29, 0.717) is 28.4 Å². The summed E-state index contributed by atoms with van der Waals surface area (Å²) in [5, 5.41) is 14.8. The van der Waals surface area contributed by atoms with Crippen LogP contribution in [0.4, 0.5) is 8.78 Å². The number of aromatic nitrogens is 7. The molecule has 5 aromatic rings. The molecule has 0 aliphatic heterocycles. The van der Waals surface area contributed by atoms with Gasteiger partial charge in [-0.2, -0.15) is 15.2 Å². The maximum absolute atomic E-state index is 14.1. The second kappa shape index (κ2) is 9.19. The van der Waals surface area contributed by atoms with Crippen molar-refractivity contribution in [3.63, 3.8) is 0 Å². The van der Waals surface area contributed by atoms with Crippen molar-refractivity contribution in [2.75, 3.05) is 0 Å². The van der Waals surface area contributed by atoms with Gasteiger partial charge >= 0.3 is 0 Å². The monoisotopic (exact) mass is 506 g/mol. The summed E-state index contributed by atoms with van der Waals surface area (Å²) < 4.78 is 36.7. The van der Waals surface area contributed by atoms with Crippen LogP contribution in [0.3, 0.4) is 0 Å². The Balaban J connectivity index is 1.45. The molecule has 0 unspecified atom stereocenters. The lowest BCUT2D eigenvalue weighted by molar-refractivity contribution is 0.0935. The fourth-order valence-corrected chi connectivity index (χ4v) is 3.81. The van der Waals surface area contributed by atoms with E-state index in [9.17, 15) is 13.6 Å². The molecule has 0 fully saturated rings. The van der Waals surface area contributed by atoms with Crippen LogP contribution < -0.4 is 5.32 Å². The first-order chi connectivity index (χ1) is 17.6. The van der Waals surface area contributed by atoms with Gasteiger partial charge in [-0.25, -0.2) is 18.3 Å². The third-order valence-electron chi connectivity index (χ3n) is 5.75. The summed E-state index contributed by atoms with van der Waals surface area (Å²) in [5.41, 5.74) is 2.66. The number of amides is 1. The van der Waals surface area contributed by atoms with Gasteiger partial charge in [-0.15, -0.1) is 0 Å². The Morgan fingerprint density at radius 1 is 1.11 bits per heavy atom. The first-order valence-corrected chi connectivity index (χ1v) is 11.5. The molecular formula is C25H24F2N8O2. The Morgan fingerprint density at radius 2 is 1.92 bits per heavy atom. The van der Waals surface area contributed by atoms with Crippen LogP contribution in [0.5, 0.6) is 0 Å². The molecule has 4 aromatic heterocycles. The molecule has 1 amide bonds. The van der Waals surface area contributed by atoms with E-state index in [2.05, 4.69) is 25.7 Å². The summed E-state index contributed by atoms with van der Waals surface area (Å²) in [5.74, 6) is -0.461. The number of alkyl halides is 2. The molecule has 0 saturated carbocycles. The quantitative estimate of drug-likeness (QED) is 0.364. The largest absolute Gasteiger partial charge is 0.345 e. The fourth-order valence-electron chi connectivity index (χ4n) is 3.81. The smallest absolute Gasteiger partial charge is 0.292 e. The van der Waals surface area contributed by atoms with Gasteiger partial charge in [-0.1, -0.05) is 38.1 Å². The van der Waals surface area contributed by atoms with Crippen molar-refractivity contribution in [3.8, 4) is 22.5 Å². The average Bonchev–Trinajstić information content (AvgIpc) is 3.61. The van der Waals surface area contributed by atoms with Crippen LogP contribution in [0.2, 0.25) is 0 Å². The number of hydrogen-bond acceptors (Lipinski definition) is 7.